The zero-order valence-corrected chi connectivity index (χ0v) is 52.8. The van der Waals surface area contributed by atoms with E-state index >= 15 is 0 Å². The van der Waals surface area contributed by atoms with Crippen LogP contribution in [0.5, 0.6) is 0 Å². The van der Waals surface area contributed by atoms with E-state index in [1.807, 2.05) is 60.8 Å². The standard InChI is InChI=1S/C14H22N2O3.C11H23N3O4.2C11H24N2O3.C10H22N2O3/c1-3-18-13(19-4-2)9-10-16-14(17)11-5-7-12(15)8-6-11;1-3-17-11(18-4-2)7-8-13-9(15)5-6-10(16)14-12;1-3-16-10(9-15-2)6-8-13-11(14)5-4-7-12;1-3-15-11(16-4-2)6-5-9-13-10(14)7-8-12;1-3-15-9(8-14-2)5-7-12-10(13)4-6-11/h5-8,13H,3-4,9-10,15H2,1-2H3,(H,16,17);11H,3-8,12H2,1-2H3,(H,13,15)(H,14,16);10H,3-9,12H2,1-2H3,(H,13,14);11H,3-9,12H2,1-2H3,(H,13,14);9H,3-8,11H2,1-2H3,(H,12,13). The molecule has 0 radical (unpaired) electrons. The second kappa shape index (κ2) is 65.8. The van der Waals surface area contributed by atoms with Gasteiger partial charge in [-0.05, 0) is 112 Å². The van der Waals surface area contributed by atoms with Crippen LogP contribution in [0.4, 0.5) is 5.69 Å². The maximum absolute atomic E-state index is 11.8. The molecule has 0 spiro atoms. The fourth-order valence-corrected chi connectivity index (χ4v) is 6.82. The van der Waals surface area contributed by atoms with E-state index in [-0.39, 0.29) is 79.4 Å². The number of carbonyl (C=O) groups is 6. The SMILES string of the molecule is CCOC(CCCNC(=O)CCN)OCC.CCOC(CCNC(=O)CCC(=O)NN)OCC.CCOC(CCNC(=O)CCCN)COC.CCOC(CCNC(=O)CCN)COC.CCOC(CCNC(=O)c1ccc(N)cc1)OCC. The average molecular weight is 1210 g/mol. The lowest BCUT2D eigenvalue weighted by Gasteiger charge is -2.16. The summed E-state index contributed by atoms with van der Waals surface area (Å²) in [5, 5.41) is 13.9. The van der Waals surface area contributed by atoms with E-state index in [9.17, 15) is 28.8 Å². The van der Waals surface area contributed by atoms with Crippen LogP contribution in [0.15, 0.2) is 24.3 Å². The van der Waals surface area contributed by atoms with Gasteiger partial charge in [0.1, 0.15) is 0 Å². The first-order valence-electron chi connectivity index (χ1n) is 29.7. The van der Waals surface area contributed by atoms with Crippen molar-refractivity contribution >= 4 is 41.1 Å². The van der Waals surface area contributed by atoms with Gasteiger partial charge in [-0.15, -0.1) is 0 Å². The molecule has 6 amide bonds. The fourth-order valence-electron chi connectivity index (χ4n) is 6.82. The maximum atomic E-state index is 11.8. The van der Waals surface area contributed by atoms with Crippen molar-refractivity contribution in [3.05, 3.63) is 29.8 Å². The number of benzene rings is 1. The smallest absolute Gasteiger partial charge is 0.251 e. The number of ether oxygens (including phenoxy) is 10. The second-order valence-corrected chi connectivity index (χ2v) is 17.7. The van der Waals surface area contributed by atoms with Gasteiger partial charge in [0.2, 0.25) is 29.5 Å². The molecular weight excluding hydrogens is 1090 g/mol. The third kappa shape index (κ3) is 59.0. The van der Waals surface area contributed by atoms with Crippen LogP contribution in [0, 0.1) is 0 Å². The molecule has 1 aromatic rings. The van der Waals surface area contributed by atoms with E-state index in [4.69, 9.17) is 76.1 Å². The Balaban J connectivity index is -0.000000478. The molecule has 1 rings (SSSR count). The molecule has 0 saturated heterocycles. The molecule has 0 bridgehead atoms. The molecule has 0 fully saturated rings. The van der Waals surface area contributed by atoms with Gasteiger partial charge in [-0.1, -0.05) is 0 Å². The van der Waals surface area contributed by atoms with Crippen LogP contribution >= 0.6 is 0 Å². The number of nitrogens with two attached hydrogens (primary N) is 5. The summed E-state index contributed by atoms with van der Waals surface area (Å²) < 4.78 is 53.1. The van der Waals surface area contributed by atoms with Crippen molar-refractivity contribution < 1.29 is 76.1 Å². The zero-order chi connectivity index (χ0) is 63.9. The lowest BCUT2D eigenvalue weighted by molar-refractivity contribution is -0.140. The molecule has 0 aliphatic rings. The molecule has 27 nitrogen and oxygen atoms in total. The topological polar surface area (TPSA) is 397 Å². The summed E-state index contributed by atoms with van der Waals surface area (Å²) in [6.07, 6.45) is 6.00. The van der Waals surface area contributed by atoms with Gasteiger partial charge in [0.15, 0.2) is 18.9 Å². The first kappa shape index (κ1) is 85.7. The number of rotatable bonds is 47. The van der Waals surface area contributed by atoms with Crippen molar-refractivity contribution in [2.75, 3.05) is 138 Å². The lowest BCUT2D eigenvalue weighted by atomic mass is 10.2. The highest BCUT2D eigenvalue weighted by Gasteiger charge is 2.14. The first-order chi connectivity index (χ1) is 40.5. The highest BCUT2D eigenvalue weighted by atomic mass is 16.7. The van der Waals surface area contributed by atoms with Crippen LogP contribution in [0.3, 0.4) is 0 Å². The minimum Gasteiger partial charge on any atom is -0.399 e. The Kier molecular flexibility index (Phi) is 67.2. The fraction of sp³-hybridized carbons (Fsp3) is 0.789. The third-order valence-electron chi connectivity index (χ3n) is 10.8. The van der Waals surface area contributed by atoms with Gasteiger partial charge in [0.25, 0.3) is 5.91 Å². The maximum Gasteiger partial charge on any atom is 0.251 e. The Morgan fingerprint density at radius 1 is 0.405 bits per heavy atom. The van der Waals surface area contributed by atoms with Gasteiger partial charge in [0.05, 0.1) is 25.4 Å². The normalized spacial score (nSPS) is 11.3. The van der Waals surface area contributed by atoms with E-state index in [1.54, 1.807) is 38.5 Å². The summed E-state index contributed by atoms with van der Waals surface area (Å²) >= 11 is 0. The van der Waals surface area contributed by atoms with Crippen molar-refractivity contribution in [2.45, 2.75) is 164 Å². The number of methoxy groups -OCH3 is 2. The van der Waals surface area contributed by atoms with Gasteiger partial charge in [-0.2, -0.15) is 0 Å². The van der Waals surface area contributed by atoms with Crippen molar-refractivity contribution in [2.24, 2.45) is 23.0 Å². The Hall–Kier alpha value is -4.72. The van der Waals surface area contributed by atoms with Crippen molar-refractivity contribution in [3.63, 3.8) is 0 Å². The van der Waals surface area contributed by atoms with Crippen molar-refractivity contribution in [1.29, 1.82) is 0 Å². The number of hydrogen-bond donors (Lipinski definition) is 11. The van der Waals surface area contributed by atoms with E-state index in [1.165, 1.54) is 0 Å². The van der Waals surface area contributed by atoms with Gasteiger partial charge < -0.3 is 96.9 Å². The number of hydrazine groups is 1. The zero-order valence-electron chi connectivity index (χ0n) is 52.8. The molecule has 84 heavy (non-hydrogen) atoms. The van der Waals surface area contributed by atoms with Crippen LogP contribution in [-0.2, 0) is 71.3 Å². The van der Waals surface area contributed by atoms with Crippen LogP contribution in [-0.4, -0.2) is 199 Å². The summed E-state index contributed by atoms with van der Waals surface area (Å²) in [4.78, 5) is 67.4. The van der Waals surface area contributed by atoms with Crippen LogP contribution in [0.2, 0.25) is 0 Å². The quantitative estimate of drug-likeness (QED) is 0.0111. The van der Waals surface area contributed by atoms with Crippen LogP contribution in [0.1, 0.15) is 143 Å². The number of anilines is 1. The largest absolute Gasteiger partial charge is 0.399 e. The predicted molar refractivity (Wildman–Crippen MR) is 326 cm³/mol. The Morgan fingerprint density at radius 3 is 1.12 bits per heavy atom. The summed E-state index contributed by atoms with van der Waals surface area (Å²) in [5.41, 5.74) is 24.6. The highest BCUT2D eigenvalue weighted by Crippen LogP contribution is 2.07. The summed E-state index contributed by atoms with van der Waals surface area (Å²) in [5.74, 6) is 4.29. The summed E-state index contributed by atoms with van der Waals surface area (Å²) in [6.45, 7) is 25.6. The molecule has 16 N–H and O–H groups in total. The Labute approximate surface area is 502 Å². The van der Waals surface area contributed by atoms with E-state index in [2.05, 4.69) is 26.6 Å². The molecule has 0 aliphatic carbocycles. The number of amides is 6. The highest BCUT2D eigenvalue weighted by molar-refractivity contribution is 5.94. The van der Waals surface area contributed by atoms with E-state index in [0.717, 1.165) is 32.1 Å². The van der Waals surface area contributed by atoms with Crippen LogP contribution < -0.4 is 60.8 Å². The van der Waals surface area contributed by atoms with Gasteiger partial charge in [0, 0.05) is 176 Å². The Morgan fingerprint density at radius 2 is 0.750 bits per heavy atom. The molecule has 0 saturated carbocycles. The van der Waals surface area contributed by atoms with E-state index in [0.29, 0.717) is 162 Å². The molecule has 0 aromatic heterocycles. The monoisotopic (exact) mass is 1210 g/mol. The van der Waals surface area contributed by atoms with Gasteiger partial charge in [-0.25, -0.2) is 5.84 Å². The first-order valence-corrected chi connectivity index (χ1v) is 29.7. The van der Waals surface area contributed by atoms with Gasteiger partial charge in [-0.3, -0.25) is 34.2 Å². The number of hydrogen-bond acceptors (Lipinski definition) is 21. The predicted octanol–water partition coefficient (Wildman–Crippen LogP) is 2.26. The molecular formula is C57H115N11O16. The second-order valence-electron chi connectivity index (χ2n) is 17.7. The number of nitrogens with one attached hydrogen (secondary N) is 6. The summed E-state index contributed by atoms with van der Waals surface area (Å²) in [6, 6.07) is 6.82. The molecule has 2 atom stereocenters. The lowest BCUT2D eigenvalue weighted by Crippen LogP contribution is -2.33. The molecule has 0 heterocycles. The molecule has 1 aromatic carbocycles. The van der Waals surface area contributed by atoms with E-state index < -0.39 is 0 Å². The molecule has 494 valence electrons. The van der Waals surface area contributed by atoms with Crippen molar-refractivity contribution in [3.8, 4) is 0 Å². The van der Waals surface area contributed by atoms with Gasteiger partial charge >= 0.3 is 0 Å². The number of carbonyl (C=O) groups excluding carboxylic acids is 6. The van der Waals surface area contributed by atoms with Crippen LogP contribution in [0.25, 0.3) is 0 Å². The molecule has 0 aliphatic heterocycles. The Bertz CT molecular complexity index is 1650. The minimum absolute atomic E-state index is 0.00636. The molecule has 2 unspecified atom stereocenters. The third-order valence-corrected chi connectivity index (χ3v) is 10.8. The van der Waals surface area contributed by atoms with Crippen molar-refractivity contribution in [1.82, 2.24) is 32.0 Å². The molecule has 27 heteroatoms. The minimum atomic E-state index is -0.355. The number of nitrogen functional groups attached to an aromatic ring is 1. The average Bonchev–Trinajstić information content (AvgIpc) is 3.56. The summed E-state index contributed by atoms with van der Waals surface area (Å²) in [7, 11) is 3.28.